The van der Waals surface area contributed by atoms with Crippen molar-refractivity contribution in [2.45, 2.75) is 94.1 Å². The Bertz CT molecular complexity index is 1700. The maximum Gasteiger partial charge on any atom is 0.232 e. The Morgan fingerprint density at radius 3 is 2.27 bits per heavy atom. The molecule has 10 rings (SSSR count). The molecule has 1 aromatic heterocycles. The lowest BCUT2D eigenvalue weighted by molar-refractivity contribution is -0.215. The first-order valence-corrected chi connectivity index (χ1v) is 17.9. The Balaban J connectivity index is 1.06. The van der Waals surface area contributed by atoms with Crippen molar-refractivity contribution in [3.8, 4) is 11.1 Å². The van der Waals surface area contributed by atoms with Gasteiger partial charge in [-0.05, 0) is 117 Å². The molecule has 3 aromatic rings. The summed E-state index contributed by atoms with van der Waals surface area (Å²) in [7, 11) is -3.41. The molecule has 2 aromatic carbocycles. The van der Waals surface area contributed by atoms with Crippen molar-refractivity contribution in [2.75, 3.05) is 22.4 Å². The number of benzene rings is 2. The first-order chi connectivity index (χ1) is 20.9. The smallest absolute Gasteiger partial charge is 0.232 e. The van der Waals surface area contributed by atoms with Crippen LogP contribution < -0.4 is 9.62 Å². The zero-order valence-corrected chi connectivity index (χ0v) is 26.0. The van der Waals surface area contributed by atoms with E-state index < -0.39 is 15.7 Å². The van der Waals surface area contributed by atoms with Gasteiger partial charge in [-0.2, -0.15) is 4.98 Å². The van der Waals surface area contributed by atoms with Crippen LogP contribution in [0.4, 0.5) is 15.8 Å². The highest BCUT2D eigenvalue weighted by molar-refractivity contribution is 7.92. The molecular formula is C34H39FN4O4S. The van der Waals surface area contributed by atoms with Crippen LogP contribution in [0.3, 0.4) is 0 Å². The Morgan fingerprint density at radius 1 is 0.977 bits per heavy atom. The Kier molecular flexibility index (Phi) is 6.17. The van der Waals surface area contributed by atoms with E-state index in [9.17, 15) is 17.6 Å². The monoisotopic (exact) mass is 618 g/mol. The quantitative estimate of drug-likeness (QED) is 0.265. The minimum atomic E-state index is -3.41. The van der Waals surface area contributed by atoms with Crippen LogP contribution in [0.2, 0.25) is 0 Å². The van der Waals surface area contributed by atoms with E-state index in [1.54, 1.807) is 6.07 Å². The first kappa shape index (κ1) is 28.2. The van der Waals surface area contributed by atoms with Gasteiger partial charge in [-0.3, -0.25) is 9.52 Å². The second-order valence-corrected chi connectivity index (χ2v) is 16.6. The van der Waals surface area contributed by atoms with Crippen molar-refractivity contribution in [2.24, 2.45) is 10.8 Å². The molecular weight excluding hydrogens is 579 g/mol. The maximum absolute atomic E-state index is 14.4. The molecule has 0 saturated heterocycles. The van der Waals surface area contributed by atoms with E-state index in [0.29, 0.717) is 43.8 Å². The van der Waals surface area contributed by atoms with Crippen LogP contribution in [-0.4, -0.2) is 42.9 Å². The van der Waals surface area contributed by atoms with Gasteiger partial charge in [0.1, 0.15) is 5.67 Å². The van der Waals surface area contributed by atoms with Gasteiger partial charge >= 0.3 is 0 Å². The van der Waals surface area contributed by atoms with E-state index in [4.69, 9.17) is 9.51 Å². The summed E-state index contributed by atoms with van der Waals surface area (Å²) in [6.07, 6.45) is 11.2. The number of hydrogen-bond donors (Lipinski definition) is 1. The molecule has 232 valence electrons. The van der Waals surface area contributed by atoms with Crippen molar-refractivity contribution >= 4 is 27.3 Å². The first-order valence-electron chi connectivity index (χ1n) is 16.0. The highest BCUT2D eigenvalue weighted by Crippen LogP contribution is 2.71. The standard InChI is InChI=1S/C34H39FN4O4S/c1-44(41,42)38-26-6-2-4-24(16-26)25-5-3-7-27(17-25)39(28(40)18-32-19-34(35,20-32)21-32)22-31-10-13-33(14-11-31,15-12-31)30-36-29(37-43-30)23-8-9-23/h2-7,16-17,23,38H,8-15,18-22H2,1H3. The van der Waals surface area contributed by atoms with Crippen molar-refractivity contribution in [3.05, 3.63) is 60.2 Å². The third-order valence-electron chi connectivity index (χ3n) is 11.3. The molecule has 7 fully saturated rings. The Hall–Kier alpha value is -3.27. The molecule has 1 N–H and O–H groups in total. The van der Waals surface area contributed by atoms with Gasteiger partial charge < -0.3 is 9.42 Å². The summed E-state index contributed by atoms with van der Waals surface area (Å²) in [5, 5.41) is 4.31. The number of nitrogens with zero attached hydrogens (tertiary/aromatic N) is 3. The number of fused-ring (bicyclic) bond motifs is 3. The maximum atomic E-state index is 14.4. The Labute approximate surface area is 257 Å². The average molecular weight is 619 g/mol. The van der Waals surface area contributed by atoms with Gasteiger partial charge in [-0.25, -0.2) is 12.8 Å². The van der Waals surface area contributed by atoms with E-state index in [2.05, 4.69) is 9.88 Å². The highest BCUT2D eigenvalue weighted by Gasteiger charge is 2.69. The van der Waals surface area contributed by atoms with Gasteiger partial charge in [0.2, 0.25) is 21.8 Å². The predicted octanol–water partition coefficient (Wildman–Crippen LogP) is 6.89. The van der Waals surface area contributed by atoms with E-state index in [0.717, 1.165) is 86.2 Å². The normalized spacial score (nSPS) is 32.0. The lowest BCUT2D eigenvalue weighted by Gasteiger charge is -2.66. The number of halogens is 1. The molecule has 7 aliphatic rings. The van der Waals surface area contributed by atoms with E-state index in [1.165, 1.54) is 0 Å². The molecule has 8 nitrogen and oxygen atoms in total. The van der Waals surface area contributed by atoms with E-state index in [1.807, 2.05) is 47.4 Å². The lowest BCUT2D eigenvalue weighted by atomic mass is 9.41. The highest BCUT2D eigenvalue weighted by atomic mass is 32.2. The number of amides is 1. The molecule has 0 radical (unpaired) electrons. The lowest BCUT2D eigenvalue weighted by Crippen LogP contribution is -2.65. The molecule has 1 amide bonds. The van der Waals surface area contributed by atoms with E-state index in [-0.39, 0.29) is 22.2 Å². The summed E-state index contributed by atoms with van der Waals surface area (Å²) in [4.78, 5) is 21.0. The van der Waals surface area contributed by atoms with Gasteiger partial charge in [0.15, 0.2) is 5.82 Å². The molecule has 0 unspecified atom stereocenters. The van der Waals surface area contributed by atoms with Crippen molar-refractivity contribution < 1.29 is 22.1 Å². The molecule has 1 heterocycles. The van der Waals surface area contributed by atoms with Crippen LogP contribution in [0.25, 0.3) is 11.1 Å². The molecule has 7 aliphatic carbocycles. The van der Waals surface area contributed by atoms with Gasteiger partial charge in [0, 0.05) is 35.7 Å². The predicted molar refractivity (Wildman–Crippen MR) is 166 cm³/mol. The fraction of sp³-hybridized carbons (Fsp3) is 0.559. The van der Waals surface area contributed by atoms with Crippen molar-refractivity contribution in [1.29, 1.82) is 0 Å². The molecule has 44 heavy (non-hydrogen) atoms. The summed E-state index contributed by atoms with van der Waals surface area (Å²) in [6, 6.07) is 15.2. The molecule has 0 spiro atoms. The van der Waals surface area contributed by atoms with Crippen LogP contribution in [0.1, 0.15) is 94.7 Å². The summed E-state index contributed by atoms with van der Waals surface area (Å²) in [6.45, 7) is 0.634. The topological polar surface area (TPSA) is 105 Å². The third-order valence-corrected chi connectivity index (χ3v) is 11.9. The van der Waals surface area contributed by atoms with Gasteiger partial charge in [-0.15, -0.1) is 0 Å². The van der Waals surface area contributed by atoms with Crippen molar-refractivity contribution in [1.82, 2.24) is 10.1 Å². The SMILES string of the molecule is CS(=O)(=O)Nc1cccc(-c2cccc(N(CC34CCC(c5nc(C6CC6)no5)(CC3)CC4)C(=O)CC34CC(F)(C3)C4)c2)c1. The van der Waals surface area contributed by atoms with Crippen LogP contribution in [-0.2, 0) is 20.2 Å². The number of anilines is 2. The van der Waals surface area contributed by atoms with E-state index >= 15 is 0 Å². The van der Waals surface area contributed by atoms with Gasteiger partial charge in [0.25, 0.3) is 0 Å². The number of hydrogen-bond acceptors (Lipinski definition) is 6. The van der Waals surface area contributed by atoms with Crippen LogP contribution in [0.15, 0.2) is 53.1 Å². The fourth-order valence-electron chi connectivity index (χ4n) is 8.73. The second-order valence-electron chi connectivity index (χ2n) is 14.9. The zero-order valence-electron chi connectivity index (χ0n) is 25.1. The summed E-state index contributed by atoms with van der Waals surface area (Å²) in [5.74, 6) is 2.22. The number of nitrogens with one attached hydrogen (secondary N) is 1. The Morgan fingerprint density at radius 2 is 1.64 bits per heavy atom. The van der Waals surface area contributed by atoms with Crippen molar-refractivity contribution in [3.63, 3.8) is 0 Å². The van der Waals surface area contributed by atoms with Gasteiger partial charge in [-0.1, -0.05) is 29.4 Å². The minimum absolute atomic E-state index is 0.00677. The largest absolute Gasteiger partial charge is 0.339 e. The summed E-state index contributed by atoms with van der Waals surface area (Å²) >= 11 is 0. The van der Waals surface area contributed by atoms with Crippen LogP contribution in [0.5, 0.6) is 0 Å². The summed E-state index contributed by atoms with van der Waals surface area (Å²) < 4.78 is 46.4. The summed E-state index contributed by atoms with van der Waals surface area (Å²) in [5.41, 5.74) is 1.81. The molecule has 4 bridgehead atoms. The number of aromatic nitrogens is 2. The molecule has 0 aliphatic heterocycles. The van der Waals surface area contributed by atoms with Crippen LogP contribution >= 0.6 is 0 Å². The zero-order chi connectivity index (χ0) is 30.4. The number of alkyl halides is 1. The molecule has 0 atom stereocenters. The second kappa shape index (κ2) is 9.61. The molecule has 10 heteroatoms. The third kappa shape index (κ3) is 5.03. The van der Waals surface area contributed by atoms with Gasteiger partial charge in [0.05, 0.1) is 6.26 Å². The minimum Gasteiger partial charge on any atom is -0.339 e. The number of rotatable bonds is 10. The fourth-order valence-corrected chi connectivity index (χ4v) is 9.29. The van der Waals surface area contributed by atoms with Crippen LogP contribution in [0, 0.1) is 10.8 Å². The number of sulfonamides is 1. The molecule has 7 saturated carbocycles. The number of carbonyl (C=O) groups excluding carboxylic acids is 1. The number of carbonyl (C=O) groups is 1. The average Bonchev–Trinajstić information content (AvgIpc) is 3.70.